The number of hydrogen-bond acceptors (Lipinski definition) is 4. The van der Waals surface area contributed by atoms with E-state index in [0.29, 0.717) is 18.1 Å². The average Bonchev–Trinajstić information content (AvgIpc) is 3.21. The molecule has 1 heterocycles. The number of carbonyl (C=O) groups is 2. The molecule has 3 rings (SSSR count). The Bertz CT molecular complexity index is 972. The van der Waals surface area contributed by atoms with Gasteiger partial charge in [-0.3, -0.25) is 20.4 Å². The van der Waals surface area contributed by atoms with E-state index in [4.69, 9.17) is 11.6 Å². The average molecular weight is 408 g/mol. The molecule has 0 spiro atoms. The third-order valence-corrected chi connectivity index (χ3v) is 6.31. The van der Waals surface area contributed by atoms with Crippen molar-refractivity contribution in [3.8, 4) is 0 Å². The van der Waals surface area contributed by atoms with Crippen LogP contribution in [0.4, 0.5) is 0 Å². The van der Waals surface area contributed by atoms with Gasteiger partial charge in [0, 0.05) is 29.2 Å². The molecule has 2 amide bonds. The molecule has 0 unspecified atom stereocenters. The van der Waals surface area contributed by atoms with E-state index in [-0.39, 0.29) is 16.0 Å². The summed E-state index contributed by atoms with van der Waals surface area (Å²) in [6.07, 6.45) is 1.66. The molecule has 0 radical (unpaired) electrons. The fourth-order valence-corrected chi connectivity index (χ4v) is 4.52. The van der Waals surface area contributed by atoms with Crippen LogP contribution in [0.15, 0.2) is 53.4 Å². The number of hydrazine groups is 1. The molecule has 142 valence electrons. The van der Waals surface area contributed by atoms with Crippen LogP contribution in [0.2, 0.25) is 5.02 Å². The second kappa shape index (κ2) is 8.08. The topological polar surface area (TPSA) is 95.6 Å². The lowest BCUT2D eigenvalue weighted by molar-refractivity contribution is 0.0846. The van der Waals surface area contributed by atoms with E-state index >= 15 is 0 Å². The molecule has 0 aliphatic carbocycles. The van der Waals surface area contributed by atoms with Crippen molar-refractivity contribution in [3.63, 3.8) is 0 Å². The molecule has 2 N–H and O–H groups in total. The number of sulfonamides is 1. The highest BCUT2D eigenvalue weighted by Gasteiger charge is 2.27. The highest BCUT2D eigenvalue weighted by molar-refractivity contribution is 7.89. The van der Waals surface area contributed by atoms with Crippen LogP contribution >= 0.6 is 11.6 Å². The maximum absolute atomic E-state index is 12.6. The first-order valence-electron chi connectivity index (χ1n) is 8.34. The van der Waals surface area contributed by atoms with Gasteiger partial charge >= 0.3 is 0 Å². The SMILES string of the molecule is O=C(NNC(=O)c1cccc(S(=O)(=O)N2CCCC2)c1)c1cccc(Cl)c1. The molecule has 0 bridgehead atoms. The summed E-state index contributed by atoms with van der Waals surface area (Å²) in [4.78, 5) is 24.4. The molecule has 7 nitrogen and oxygen atoms in total. The van der Waals surface area contributed by atoms with Crippen molar-refractivity contribution < 1.29 is 18.0 Å². The van der Waals surface area contributed by atoms with Gasteiger partial charge in [-0.15, -0.1) is 0 Å². The van der Waals surface area contributed by atoms with E-state index in [1.165, 1.54) is 34.6 Å². The maximum Gasteiger partial charge on any atom is 0.269 e. The molecule has 1 aliphatic heterocycles. The lowest BCUT2D eigenvalue weighted by atomic mass is 10.2. The zero-order valence-corrected chi connectivity index (χ0v) is 15.9. The molecule has 0 atom stereocenters. The van der Waals surface area contributed by atoms with Gasteiger partial charge in [0.25, 0.3) is 11.8 Å². The Morgan fingerprint density at radius 1 is 0.889 bits per heavy atom. The van der Waals surface area contributed by atoms with Gasteiger partial charge in [0.05, 0.1) is 4.90 Å². The second-order valence-corrected chi connectivity index (χ2v) is 8.43. The largest absolute Gasteiger partial charge is 0.269 e. The van der Waals surface area contributed by atoms with Crippen molar-refractivity contribution in [1.29, 1.82) is 0 Å². The highest BCUT2D eigenvalue weighted by Crippen LogP contribution is 2.21. The van der Waals surface area contributed by atoms with Crippen molar-refractivity contribution in [2.45, 2.75) is 17.7 Å². The number of amides is 2. The summed E-state index contributed by atoms with van der Waals surface area (Å²) in [5, 5.41) is 0.397. The van der Waals surface area contributed by atoms with E-state index < -0.39 is 21.8 Å². The molecule has 1 saturated heterocycles. The Morgan fingerprint density at radius 2 is 1.44 bits per heavy atom. The molecular weight excluding hydrogens is 390 g/mol. The lowest BCUT2D eigenvalue weighted by Gasteiger charge is -2.16. The summed E-state index contributed by atoms with van der Waals surface area (Å²) in [6, 6.07) is 12.0. The van der Waals surface area contributed by atoms with E-state index in [2.05, 4.69) is 10.9 Å². The van der Waals surface area contributed by atoms with Gasteiger partial charge < -0.3 is 0 Å². The van der Waals surface area contributed by atoms with Crippen LogP contribution < -0.4 is 10.9 Å². The van der Waals surface area contributed by atoms with Crippen molar-refractivity contribution >= 4 is 33.4 Å². The minimum absolute atomic E-state index is 0.0539. The van der Waals surface area contributed by atoms with E-state index in [1.54, 1.807) is 18.2 Å². The van der Waals surface area contributed by atoms with Crippen LogP contribution in [0.5, 0.6) is 0 Å². The van der Waals surface area contributed by atoms with Gasteiger partial charge in [-0.05, 0) is 49.2 Å². The molecule has 1 fully saturated rings. The molecule has 0 aromatic heterocycles. The van der Waals surface area contributed by atoms with Crippen molar-refractivity contribution in [2.24, 2.45) is 0 Å². The smallest absolute Gasteiger partial charge is 0.267 e. The number of rotatable bonds is 4. The third-order valence-electron chi connectivity index (χ3n) is 4.18. The zero-order valence-electron chi connectivity index (χ0n) is 14.3. The van der Waals surface area contributed by atoms with Gasteiger partial charge in [0.1, 0.15) is 0 Å². The van der Waals surface area contributed by atoms with Crippen LogP contribution in [0, 0.1) is 0 Å². The van der Waals surface area contributed by atoms with Gasteiger partial charge in [-0.1, -0.05) is 23.7 Å². The van der Waals surface area contributed by atoms with Gasteiger partial charge in [-0.2, -0.15) is 4.31 Å². The number of halogens is 1. The lowest BCUT2D eigenvalue weighted by Crippen LogP contribution is -2.41. The summed E-state index contributed by atoms with van der Waals surface area (Å²) in [6.45, 7) is 0.961. The quantitative estimate of drug-likeness (QED) is 0.759. The van der Waals surface area contributed by atoms with Crippen LogP contribution in [0.1, 0.15) is 33.6 Å². The van der Waals surface area contributed by atoms with Crippen LogP contribution in [0.25, 0.3) is 0 Å². The Labute approximate surface area is 162 Å². The Balaban J connectivity index is 1.69. The summed E-state index contributed by atoms with van der Waals surface area (Å²) < 4.78 is 26.6. The number of nitrogens with zero attached hydrogens (tertiary/aromatic N) is 1. The van der Waals surface area contributed by atoms with Gasteiger partial charge in [0.2, 0.25) is 10.0 Å². The highest BCUT2D eigenvalue weighted by atomic mass is 35.5. The number of hydrogen-bond donors (Lipinski definition) is 2. The van der Waals surface area contributed by atoms with Crippen LogP contribution in [0.3, 0.4) is 0 Å². The normalized spacial score (nSPS) is 14.7. The summed E-state index contributed by atoms with van der Waals surface area (Å²) in [5.74, 6) is -1.16. The first kappa shape index (κ1) is 19.3. The van der Waals surface area contributed by atoms with E-state index in [9.17, 15) is 18.0 Å². The standard InChI is InChI=1S/C18H18ClN3O4S/c19-15-7-3-5-13(11-15)17(23)20-21-18(24)14-6-4-8-16(12-14)27(25,26)22-9-1-2-10-22/h3-8,11-12H,1-2,9-10H2,(H,20,23)(H,21,24). The monoisotopic (exact) mass is 407 g/mol. The predicted molar refractivity (Wildman–Crippen MR) is 101 cm³/mol. The Hall–Kier alpha value is -2.42. The summed E-state index contributed by atoms with van der Waals surface area (Å²) in [7, 11) is -3.62. The zero-order chi connectivity index (χ0) is 19.4. The third kappa shape index (κ3) is 4.47. The Kier molecular flexibility index (Phi) is 5.79. The van der Waals surface area contributed by atoms with E-state index in [0.717, 1.165) is 12.8 Å². The van der Waals surface area contributed by atoms with E-state index in [1.807, 2.05) is 0 Å². The summed E-state index contributed by atoms with van der Waals surface area (Å²) >= 11 is 5.83. The molecule has 2 aromatic rings. The fourth-order valence-electron chi connectivity index (χ4n) is 2.76. The molecule has 0 saturated carbocycles. The van der Waals surface area contributed by atoms with Crippen molar-refractivity contribution in [2.75, 3.05) is 13.1 Å². The number of benzene rings is 2. The van der Waals surface area contributed by atoms with Gasteiger partial charge in [0.15, 0.2) is 0 Å². The fraction of sp³-hybridized carbons (Fsp3) is 0.222. The van der Waals surface area contributed by atoms with Crippen LogP contribution in [-0.2, 0) is 10.0 Å². The van der Waals surface area contributed by atoms with Crippen LogP contribution in [-0.4, -0.2) is 37.6 Å². The molecule has 2 aromatic carbocycles. The molecule has 9 heteroatoms. The number of nitrogens with one attached hydrogen (secondary N) is 2. The van der Waals surface area contributed by atoms with Crippen molar-refractivity contribution in [1.82, 2.24) is 15.2 Å². The molecular formula is C18H18ClN3O4S. The molecule has 1 aliphatic rings. The molecule has 27 heavy (non-hydrogen) atoms. The predicted octanol–water partition coefficient (Wildman–Crippen LogP) is 2.20. The minimum Gasteiger partial charge on any atom is -0.267 e. The minimum atomic E-state index is -3.62. The van der Waals surface area contributed by atoms with Crippen molar-refractivity contribution in [3.05, 3.63) is 64.7 Å². The first-order valence-corrected chi connectivity index (χ1v) is 10.2. The summed E-state index contributed by atoms with van der Waals surface area (Å²) in [5.41, 5.74) is 4.97. The number of carbonyl (C=O) groups excluding carboxylic acids is 2. The second-order valence-electron chi connectivity index (χ2n) is 6.06. The van der Waals surface area contributed by atoms with Gasteiger partial charge in [-0.25, -0.2) is 8.42 Å². The first-order chi connectivity index (χ1) is 12.9. The Morgan fingerprint density at radius 3 is 2.04 bits per heavy atom. The maximum atomic E-state index is 12.6.